The Morgan fingerprint density at radius 1 is 1.15 bits per heavy atom. The molecule has 0 fully saturated rings. The third kappa shape index (κ3) is 2.40. The number of aliphatic imine (C=N–C) groups is 1. The van der Waals surface area contributed by atoms with Crippen LogP contribution in [-0.4, -0.2) is 41.4 Å². The van der Waals surface area contributed by atoms with Gasteiger partial charge in [0.2, 0.25) is 5.78 Å². The van der Waals surface area contributed by atoms with Crippen LogP contribution in [0.2, 0.25) is 0 Å². The Bertz CT molecular complexity index is 1130. The number of unbranched alkanes of at least 4 members (excludes halogenated alkanes) is 2. The maximum absolute atomic E-state index is 13.0. The van der Waals surface area contributed by atoms with E-state index in [2.05, 4.69) is 34.0 Å². The number of hydrogen-bond donors (Lipinski definition) is 1. The Kier molecular flexibility index (Phi) is 3.97. The molecule has 0 spiro atoms. The van der Waals surface area contributed by atoms with Gasteiger partial charge in [-0.05, 0) is 32.8 Å². The molecule has 0 saturated heterocycles. The van der Waals surface area contributed by atoms with E-state index in [0.717, 1.165) is 42.7 Å². The summed E-state index contributed by atoms with van der Waals surface area (Å²) in [7, 11) is 0. The number of hydrogen-bond acceptors (Lipinski definition) is 5. The highest BCUT2D eigenvalue weighted by atomic mass is 16.1. The van der Waals surface area contributed by atoms with Gasteiger partial charge in [-0.25, -0.2) is 9.38 Å². The first kappa shape index (κ1) is 16.7. The molecule has 1 aliphatic rings. The number of fused-ring (bicyclic) bond motifs is 2. The number of nitrogens with zero attached hydrogens (tertiary/aromatic N) is 6. The molecule has 26 heavy (non-hydrogen) atoms. The lowest BCUT2D eigenvalue weighted by atomic mass is 10.1. The predicted molar refractivity (Wildman–Crippen MR) is 102 cm³/mol. The van der Waals surface area contributed by atoms with E-state index < -0.39 is 0 Å². The lowest BCUT2D eigenvalue weighted by molar-refractivity contribution is 0.612. The summed E-state index contributed by atoms with van der Waals surface area (Å²) < 4.78 is 3.57. The van der Waals surface area contributed by atoms with Crippen molar-refractivity contribution in [1.82, 2.24) is 29.1 Å². The Morgan fingerprint density at radius 2 is 1.96 bits per heavy atom. The largest absolute Gasteiger partial charge is 0.332 e. The monoisotopic (exact) mass is 353 g/mol. The van der Waals surface area contributed by atoms with Crippen molar-refractivity contribution < 1.29 is 0 Å². The van der Waals surface area contributed by atoms with Gasteiger partial charge in [0, 0.05) is 17.8 Å². The molecule has 4 heterocycles. The number of imidazole rings is 1. The van der Waals surface area contributed by atoms with Crippen molar-refractivity contribution in [3.05, 3.63) is 27.6 Å². The van der Waals surface area contributed by atoms with Crippen LogP contribution in [0.15, 0.2) is 15.4 Å². The molecule has 4 rings (SSSR count). The number of aryl methyl sites for hydroxylation is 2. The summed E-state index contributed by atoms with van der Waals surface area (Å²) in [6.07, 6.45) is 3.24. The molecule has 0 radical (unpaired) electrons. The summed E-state index contributed by atoms with van der Waals surface area (Å²) in [6, 6.07) is 0. The van der Waals surface area contributed by atoms with Crippen LogP contribution >= 0.6 is 0 Å². The summed E-state index contributed by atoms with van der Waals surface area (Å²) in [4.78, 5) is 25.5. The molecule has 1 N–H and O–H groups in total. The van der Waals surface area contributed by atoms with Crippen molar-refractivity contribution in [3.63, 3.8) is 0 Å². The van der Waals surface area contributed by atoms with E-state index in [1.165, 1.54) is 0 Å². The van der Waals surface area contributed by atoms with Gasteiger partial charge in [-0.15, -0.1) is 10.2 Å². The van der Waals surface area contributed by atoms with E-state index in [1.807, 2.05) is 11.5 Å². The second-order valence-electron chi connectivity index (χ2n) is 6.89. The third-order valence-corrected chi connectivity index (χ3v) is 4.97. The maximum atomic E-state index is 13.0. The molecule has 3 aromatic heterocycles. The quantitative estimate of drug-likeness (QED) is 0.713. The SMILES string of the molecule is CCCCCn1c2nc(C3=C(C)CN=C3C)[nH]c2c(=O)n2c(C)nnc12. The van der Waals surface area contributed by atoms with E-state index in [1.54, 1.807) is 11.3 Å². The molecule has 0 aromatic carbocycles. The molecule has 8 heteroatoms. The Labute approximate surface area is 150 Å². The average Bonchev–Trinajstić information content (AvgIpc) is 3.29. The van der Waals surface area contributed by atoms with Gasteiger partial charge >= 0.3 is 0 Å². The van der Waals surface area contributed by atoms with Gasteiger partial charge in [0.25, 0.3) is 5.56 Å². The van der Waals surface area contributed by atoms with E-state index in [4.69, 9.17) is 4.98 Å². The van der Waals surface area contributed by atoms with Crippen molar-refractivity contribution in [2.75, 3.05) is 6.54 Å². The highest BCUT2D eigenvalue weighted by molar-refractivity contribution is 6.24. The number of allylic oxidation sites excluding steroid dienone is 1. The van der Waals surface area contributed by atoms with Gasteiger partial charge in [0.1, 0.15) is 11.6 Å². The van der Waals surface area contributed by atoms with Crippen molar-refractivity contribution in [2.45, 2.75) is 53.5 Å². The van der Waals surface area contributed by atoms with Crippen LogP contribution in [0, 0.1) is 6.92 Å². The van der Waals surface area contributed by atoms with E-state index in [9.17, 15) is 4.79 Å². The lowest BCUT2D eigenvalue weighted by Gasteiger charge is -2.08. The van der Waals surface area contributed by atoms with Crippen LogP contribution in [0.3, 0.4) is 0 Å². The average molecular weight is 353 g/mol. The minimum absolute atomic E-state index is 0.158. The van der Waals surface area contributed by atoms with E-state index in [-0.39, 0.29) is 5.56 Å². The topological polar surface area (TPSA) is 93.2 Å². The molecule has 8 nitrogen and oxygen atoms in total. The van der Waals surface area contributed by atoms with Crippen molar-refractivity contribution in [2.24, 2.45) is 4.99 Å². The maximum Gasteiger partial charge on any atom is 0.286 e. The molecule has 0 saturated carbocycles. The predicted octanol–water partition coefficient (Wildman–Crippen LogP) is 2.51. The second kappa shape index (κ2) is 6.19. The number of aromatic nitrogens is 6. The molecular weight excluding hydrogens is 330 g/mol. The zero-order valence-electron chi connectivity index (χ0n) is 15.6. The Morgan fingerprint density at radius 3 is 2.65 bits per heavy atom. The fourth-order valence-corrected chi connectivity index (χ4v) is 3.60. The minimum Gasteiger partial charge on any atom is -0.332 e. The highest BCUT2D eigenvalue weighted by Crippen LogP contribution is 2.25. The van der Waals surface area contributed by atoms with Crippen LogP contribution in [0.5, 0.6) is 0 Å². The minimum atomic E-state index is -0.158. The smallest absolute Gasteiger partial charge is 0.286 e. The number of H-pyrrole nitrogens is 1. The number of aromatic amines is 1. The molecule has 0 aliphatic carbocycles. The molecule has 1 aliphatic heterocycles. The molecule has 0 unspecified atom stereocenters. The molecule has 0 amide bonds. The van der Waals surface area contributed by atoms with Crippen LogP contribution < -0.4 is 5.56 Å². The van der Waals surface area contributed by atoms with Crippen LogP contribution in [0.25, 0.3) is 22.5 Å². The normalized spacial score (nSPS) is 14.8. The fourth-order valence-electron chi connectivity index (χ4n) is 3.60. The first-order chi connectivity index (χ1) is 12.5. The third-order valence-electron chi connectivity index (χ3n) is 4.97. The van der Waals surface area contributed by atoms with E-state index >= 15 is 0 Å². The first-order valence-electron chi connectivity index (χ1n) is 9.08. The Hall–Kier alpha value is -2.77. The van der Waals surface area contributed by atoms with Crippen LogP contribution in [0.4, 0.5) is 0 Å². The molecule has 136 valence electrons. The van der Waals surface area contributed by atoms with Gasteiger partial charge < -0.3 is 4.98 Å². The van der Waals surface area contributed by atoms with Gasteiger partial charge in [0.15, 0.2) is 11.2 Å². The standard InChI is InChI=1S/C18H23N7O/c1-5-6-7-8-24-16-14(17(26)25-12(4)22-23-18(24)25)20-15(21-16)13-10(2)9-19-11(13)3/h5-9H2,1-4H3,(H,20,21). The molecule has 0 bridgehead atoms. The molecular formula is C18H23N7O. The van der Waals surface area contributed by atoms with Crippen molar-refractivity contribution in [3.8, 4) is 0 Å². The summed E-state index contributed by atoms with van der Waals surface area (Å²) in [5.74, 6) is 1.84. The van der Waals surface area contributed by atoms with Crippen LogP contribution in [0.1, 0.15) is 51.7 Å². The number of nitrogens with one attached hydrogen (secondary N) is 1. The van der Waals surface area contributed by atoms with Gasteiger partial charge in [-0.1, -0.05) is 19.8 Å². The summed E-state index contributed by atoms with van der Waals surface area (Å²) in [6.45, 7) is 9.43. The van der Waals surface area contributed by atoms with Crippen molar-refractivity contribution >= 4 is 28.2 Å². The summed E-state index contributed by atoms with van der Waals surface area (Å²) in [5.41, 5.74) is 4.10. The highest BCUT2D eigenvalue weighted by Gasteiger charge is 2.22. The van der Waals surface area contributed by atoms with Gasteiger partial charge in [-0.3, -0.25) is 14.4 Å². The Balaban J connectivity index is 1.99. The molecule has 3 aromatic rings. The summed E-state index contributed by atoms with van der Waals surface area (Å²) in [5, 5.41) is 8.32. The summed E-state index contributed by atoms with van der Waals surface area (Å²) >= 11 is 0. The first-order valence-corrected chi connectivity index (χ1v) is 9.08. The van der Waals surface area contributed by atoms with Gasteiger partial charge in [0.05, 0.1) is 6.54 Å². The molecule has 0 atom stereocenters. The van der Waals surface area contributed by atoms with Crippen molar-refractivity contribution in [1.29, 1.82) is 0 Å². The zero-order valence-corrected chi connectivity index (χ0v) is 15.6. The van der Waals surface area contributed by atoms with Crippen LogP contribution in [-0.2, 0) is 6.54 Å². The number of rotatable bonds is 5. The lowest BCUT2D eigenvalue weighted by Crippen LogP contribution is -2.20. The van der Waals surface area contributed by atoms with Gasteiger partial charge in [-0.2, -0.15) is 0 Å². The fraction of sp³-hybridized carbons (Fsp3) is 0.500. The van der Waals surface area contributed by atoms with E-state index in [0.29, 0.717) is 35.1 Å². The second-order valence-corrected chi connectivity index (χ2v) is 6.89. The zero-order chi connectivity index (χ0) is 18.4.